The first-order valence-corrected chi connectivity index (χ1v) is 7.24. The summed E-state index contributed by atoms with van der Waals surface area (Å²) in [6.07, 6.45) is -0.169. The number of amides is 1. The van der Waals surface area contributed by atoms with Gasteiger partial charge in [0.25, 0.3) is 0 Å². The highest BCUT2D eigenvalue weighted by molar-refractivity contribution is 6.31. The Morgan fingerprint density at radius 3 is 2.70 bits per heavy atom. The second-order valence-electron chi connectivity index (χ2n) is 4.40. The maximum atomic E-state index is 11.2. The number of carbonyl (C=O) groups is 1. The lowest BCUT2D eigenvalue weighted by molar-refractivity contribution is -0.119. The van der Waals surface area contributed by atoms with E-state index in [0.29, 0.717) is 16.3 Å². The van der Waals surface area contributed by atoms with Gasteiger partial charge in [-0.2, -0.15) is 0 Å². The molecule has 0 heterocycles. The van der Waals surface area contributed by atoms with Crippen LogP contribution in [0.15, 0.2) is 6.07 Å². The maximum Gasteiger partial charge on any atom is 0.235 e. The molecule has 0 aromatic heterocycles. The lowest BCUT2D eigenvalue weighted by Crippen LogP contribution is -2.29. The minimum atomic E-state index is -0.902. The number of alkyl halides is 1. The van der Waals surface area contributed by atoms with Crippen LogP contribution in [-0.2, 0) is 11.2 Å². The Hall–Kier alpha value is -0.970. The zero-order valence-electron chi connectivity index (χ0n) is 11.8. The number of halogens is 2. The lowest BCUT2D eigenvalue weighted by Gasteiger charge is -2.21. The van der Waals surface area contributed by atoms with Crippen LogP contribution < -0.4 is 10.1 Å². The highest BCUT2D eigenvalue weighted by Crippen LogP contribution is 2.36. The molecule has 0 radical (unpaired) electrons. The molecule has 0 fully saturated rings. The normalized spacial score (nSPS) is 12.1. The Morgan fingerprint density at radius 2 is 2.20 bits per heavy atom. The molecule has 0 saturated heterocycles. The Morgan fingerprint density at radius 1 is 1.55 bits per heavy atom. The second-order valence-corrected chi connectivity index (χ2v) is 5.07. The molecule has 0 aliphatic carbocycles. The van der Waals surface area contributed by atoms with Gasteiger partial charge in [0.15, 0.2) is 0 Å². The van der Waals surface area contributed by atoms with E-state index in [0.717, 1.165) is 17.5 Å². The lowest BCUT2D eigenvalue weighted by atomic mass is 9.97. The van der Waals surface area contributed by atoms with Gasteiger partial charge in [0.1, 0.15) is 17.7 Å². The number of nitrogens with one attached hydrogen (secondary N) is 1. The highest BCUT2D eigenvalue weighted by atomic mass is 35.5. The zero-order chi connectivity index (χ0) is 15.3. The summed E-state index contributed by atoms with van der Waals surface area (Å²) in [5, 5.41) is 13.4. The quantitative estimate of drug-likeness (QED) is 0.792. The van der Waals surface area contributed by atoms with Crippen LogP contribution in [0.25, 0.3) is 0 Å². The van der Waals surface area contributed by atoms with E-state index in [1.807, 2.05) is 19.9 Å². The summed E-state index contributed by atoms with van der Waals surface area (Å²) in [5.74, 6) is 0.139. The Balaban J connectivity index is 3.14. The average Bonchev–Trinajstić information content (AvgIpc) is 2.46. The highest BCUT2D eigenvalue weighted by Gasteiger charge is 2.21. The third-order valence-electron chi connectivity index (χ3n) is 3.13. The fraction of sp³-hybridized carbons (Fsp3) is 0.500. The van der Waals surface area contributed by atoms with Crippen LogP contribution in [0.3, 0.4) is 0 Å². The topological polar surface area (TPSA) is 58.6 Å². The van der Waals surface area contributed by atoms with E-state index in [1.165, 1.54) is 0 Å². The SMILES string of the molecule is CCc1cc(Cl)c(C)c(C(O)CNC(=O)CCl)c1OC. The molecule has 1 aromatic carbocycles. The summed E-state index contributed by atoms with van der Waals surface area (Å²) in [5.41, 5.74) is 2.26. The van der Waals surface area contributed by atoms with E-state index in [2.05, 4.69) is 5.32 Å². The van der Waals surface area contributed by atoms with Crippen molar-refractivity contribution in [3.8, 4) is 5.75 Å². The first kappa shape index (κ1) is 17.1. The number of aliphatic hydroxyl groups excluding tert-OH is 1. The fourth-order valence-corrected chi connectivity index (χ4v) is 2.39. The number of carbonyl (C=O) groups excluding carboxylic acids is 1. The van der Waals surface area contributed by atoms with Crippen molar-refractivity contribution in [3.63, 3.8) is 0 Å². The first-order chi connectivity index (χ1) is 9.46. The van der Waals surface area contributed by atoms with Crippen LogP contribution in [0.5, 0.6) is 5.75 Å². The van der Waals surface area contributed by atoms with Crippen molar-refractivity contribution in [3.05, 3.63) is 27.8 Å². The van der Waals surface area contributed by atoms with E-state index < -0.39 is 6.10 Å². The van der Waals surface area contributed by atoms with Gasteiger partial charge in [-0.1, -0.05) is 18.5 Å². The van der Waals surface area contributed by atoms with Crippen LogP contribution in [-0.4, -0.2) is 30.5 Å². The molecule has 1 atom stereocenters. The Labute approximate surface area is 129 Å². The molecule has 0 aliphatic heterocycles. The molecular formula is C14H19Cl2NO3. The van der Waals surface area contributed by atoms with Gasteiger partial charge in [0.05, 0.1) is 7.11 Å². The number of hydrogen-bond acceptors (Lipinski definition) is 3. The van der Waals surface area contributed by atoms with Crippen LogP contribution in [0.1, 0.15) is 29.7 Å². The largest absolute Gasteiger partial charge is 0.496 e. The summed E-state index contributed by atoms with van der Waals surface area (Å²) in [4.78, 5) is 11.2. The summed E-state index contributed by atoms with van der Waals surface area (Å²) in [7, 11) is 1.55. The van der Waals surface area contributed by atoms with E-state index in [1.54, 1.807) is 7.11 Å². The van der Waals surface area contributed by atoms with E-state index in [-0.39, 0.29) is 18.3 Å². The molecule has 0 saturated carbocycles. The molecule has 0 aliphatic rings. The molecule has 0 bridgehead atoms. The number of ether oxygens (including phenoxy) is 1. The van der Waals surface area contributed by atoms with Crippen LogP contribution in [0, 0.1) is 6.92 Å². The first-order valence-electron chi connectivity index (χ1n) is 6.32. The molecule has 2 N–H and O–H groups in total. The number of hydrogen-bond donors (Lipinski definition) is 2. The predicted octanol–water partition coefficient (Wildman–Crippen LogP) is 2.61. The van der Waals surface area contributed by atoms with Crippen LogP contribution >= 0.6 is 23.2 Å². The minimum Gasteiger partial charge on any atom is -0.496 e. The molecular weight excluding hydrogens is 301 g/mol. The third kappa shape index (κ3) is 3.78. The van der Waals surface area contributed by atoms with Crippen molar-refractivity contribution in [2.45, 2.75) is 26.4 Å². The number of aryl methyl sites for hydroxylation is 1. The molecule has 1 amide bonds. The smallest absolute Gasteiger partial charge is 0.235 e. The van der Waals surface area contributed by atoms with Gasteiger partial charge in [0.2, 0.25) is 5.91 Å². The van der Waals surface area contributed by atoms with Gasteiger partial charge in [-0.25, -0.2) is 0 Å². The van der Waals surface area contributed by atoms with Crippen LogP contribution in [0.4, 0.5) is 0 Å². The van der Waals surface area contributed by atoms with Gasteiger partial charge in [-0.3, -0.25) is 4.79 Å². The average molecular weight is 320 g/mol. The summed E-state index contributed by atoms with van der Waals surface area (Å²) in [6.45, 7) is 3.85. The summed E-state index contributed by atoms with van der Waals surface area (Å²) < 4.78 is 5.40. The number of benzene rings is 1. The van der Waals surface area contributed by atoms with E-state index >= 15 is 0 Å². The van der Waals surface area contributed by atoms with Gasteiger partial charge in [0, 0.05) is 17.1 Å². The number of methoxy groups -OCH3 is 1. The van der Waals surface area contributed by atoms with Crippen molar-refractivity contribution in [1.29, 1.82) is 0 Å². The van der Waals surface area contributed by atoms with E-state index in [4.69, 9.17) is 27.9 Å². The standard InChI is InChI=1S/C14H19Cl2NO3/c1-4-9-5-10(16)8(2)13(14(9)20-3)11(18)7-17-12(19)6-15/h5,11,18H,4,6-7H2,1-3H3,(H,17,19). The predicted molar refractivity (Wildman–Crippen MR) is 80.8 cm³/mol. The van der Waals surface area contributed by atoms with Gasteiger partial charge in [-0.05, 0) is 30.5 Å². The monoisotopic (exact) mass is 319 g/mol. The number of rotatable bonds is 6. The van der Waals surface area contributed by atoms with Crippen molar-refractivity contribution < 1.29 is 14.6 Å². The fourth-order valence-electron chi connectivity index (χ4n) is 2.06. The van der Waals surface area contributed by atoms with Gasteiger partial charge in [-0.15, -0.1) is 11.6 Å². The molecule has 6 heteroatoms. The minimum absolute atomic E-state index is 0.0618. The van der Waals surface area contributed by atoms with Crippen molar-refractivity contribution >= 4 is 29.1 Å². The zero-order valence-corrected chi connectivity index (χ0v) is 13.3. The molecule has 4 nitrogen and oxygen atoms in total. The third-order valence-corrected chi connectivity index (χ3v) is 3.77. The molecule has 0 spiro atoms. The molecule has 1 aromatic rings. The Kier molecular flexibility index (Phi) is 6.59. The number of aliphatic hydroxyl groups is 1. The maximum absolute atomic E-state index is 11.2. The summed E-state index contributed by atoms with van der Waals surface area (Å²) in [6, 6.07) is 1.84. The second kappa shape index (κ2) is 7.72. The van der Waals surface area contributed by atoms with Crippen molar-refractivity contribution in [1.82, 2.24) is 5.32 Å². The molecule has 112 valence electrons. The van der Waals surface area contributed by atoms with Gasteiger partial charge < -0.3 is 15.2 Å². The van der Waals surface area contributed by atoms with Crippen molar-refractivity contribution in [2.75, 3.05) is 19.5 Å². The molecule has 1 unspecified atom stereocenters. The van der Waals surface area contributed by atoms with Gasteiger partial charge >= 0.3 is 0 Å². The van der Waals surface area contributed by atoms with Crippen LogP contribution in [0.2, 0.25) is 5.02 Å². The molecule has 1 rings (SSSR count). The summed E-state index contributed by atoms with van der Waals surface area (Å²) >= 11 is 11.6. The van der Waals surface area contributed by atoms with E-state index in [9.17, 15) is 9.90 Å². The molecule has 20 heavy (non-hydrogen) atoms. The Bertz CT molecular complexity index is 492. The van der Waals surface area contributed by atoms with Crippen molar-refractivity contribution in [2.24, 2.45) is 0 Å².